The molecule has 0 bridgehead atoms. The highest BCUT2D eigenvalue weighted by Gasteiger charge is 2.17. The zero-order valence-electron chi connectivity index (χ0n) is 11.6. The molecule has 0 saturated carbocycles. The number of ether oxygens (including phenoxy) is 2. The van der Waals surface area contributed by atoms with Crippen molar-refractivity contribution in [2.45, 2.75) is 17.7 Å². The van der Waals surface area contributed by atoms with Gasteiger partial charge in [-0.25, -0.2) is 8.42 Å². The number of fused-ring (bicyclic) bond motifs is 1. The highest BCUT2D eigenvalue weighted by atomic mass is 35.7. The van der Waals surface area contributed by atoms with Crippen molar-refractivity contribution in [2.24, 2.45) is 0 Å². The van der Waals surface area contributed by atoms with Crippen LogP contribution in [0.3, 0.4) is 0 Å². The van der Waals surface area contributed by atoms with Gasteiger partial charge in [0.15, 0.2) is 0 Å². The van der Waals surface area contributed by atoms with Gasteiger partial charge in [0.1, 0.15) is 10.6 Å². The minimum Gasteiger partial charge on any atom is -0.493 e. The molecule has 0 amide bonds. The number of halogens is 1. The summed E-state index contributed by atoms with van der Waals surface area (Å²) in [5, 5.41) is 0.631. The third-order valence-electron chi connectivity index (χ3n) is 2.96. The molecule has 0 aliphatic heterocycles. The fraction of sp³-hybridized carbons (Fsp3) is 0.357. The molecule has 114 valence electrons. The van der Waals surface area contributed by atoms with Gasteiger partial charge in [0.25, 0.3) is 9.05 Å². The largest absolute Gasteiger partial charge is 0.493 e. The quantitative estimate of drug-likeness (QED) is 0.577. The van der Waals surface area contributed by atoms with Gasteiger partial charge in [-0.05, 0) is 37.1 Å². The number of rotatable bonds is 7. The number of aromatic nitrogens is 1. The van der Waals surface area contributed by atoms with E-state index in [1.54, 1.807) is 25.3 Å². The van der Waals surface area contributed by atoms with Gasteiger partial charge in [-0.2, -0.15) is 0 Å². The number of unbranched alkanes of at least 4 members (excludes halogenated alkanes) is 1. The van der Waals surface area contributed by atoms with Crippen molar-refractivity contribution >= 4 is 30.6 Å². The molecule has 2 rings (SSSR count). The van der Waals surface area contributed by atoms with Gasteiger partial charge in [0.05, 0.1) is 12.1 Å². The first-order valence-electron chi connectivity index (χ1n) is 6.48. The summed E-state index contributed by atoms with van der Waals surface area (Å²) >= 11 is 0. The molecular formula is C14H16ClNO4S. The highest BCUT2D eigenvalue weighted by Crippen LogP contribution is 2.31. The van der Waals surface area contributed by atoms with E-state index in [9.17, 15) is 8.42 Å². The number of pyridine rings is 1. The van der Waals surface area contributed by atoms with E-state index < -0.39 is 9.05 Å². The van der Waals surface area contributed by atoms with E-state index in [2.05, 4.69) is 4.98 Å². The molecule has 0 N–H and O–H groups in total. The van der Waals surface area contributed by atoms with E-state index in [1.165, 1.54) is 12.3 Å². The summed E-state index contributed by atoms with van der Waals surface area (Å²) in [5.41, 5.74) is 0.321. The molecule has 1 heterocycles. The molecule has 5 nitrogen and oxygen atoms in total. The zero-order valence-corrected chi connectivity index (χ0v) is 13.2. The fourth-order valence-electron chi connectivity index (χ4n) is 1.97. The third-order valence-corrected chi connectivity index (χ3v) is 4.31. The van der Waals surface area contributed by atoms with Gasteiger partial charge in [-0.3, -0.25) is 4.98 Å². The zero-order chi connectivity index (χ0) is 15.3. The highest BCUT2D eigenvalue weighted by molar-refractivity contribution is 8.14. The van der Waals surface area contributed by atoms with E-state index >= 15 is 0 Å². The van der Waals surface area contributed by atoms with Gasteiger partial charge < -0.3 is 9.47 Å². The summed E-state index contributed by atoms with van der Waals surface area (Å²) in [5.74, 6) is 0.597. The van der Waals surface area contributed by atoms with Crippen LogP contribution in [-0.4, -0.2) is 33.7 Å². The lowest BCUT2D eigenvalue weighted by molar-refractivity contribution is 0.184. The summed E-state index contributed by atoms with van der Waals surface area (Å²) in [6, 6.07) is 6.51. The lowest BCUT2D eigenvalue weighted by atomic mass is 10.2. The van der Waals surface area contributed by atoms with Gasteiger partial charge >= 0.3 is 0 Å². The third kappa shape index (κ3) is 4.06. The molecule has 0 radical (unpaired) electrons. The maximum atomic E-state index is 11.6. The lowest BCUT2D eigenvalue weighted by Crippen LogP contribution is -2.01. The van der Waals surface area contributed by atoms with Crippen molar-refractivity contribution in [3.8, 4) is 5.75 Å². The maximum absolute atomic E-state index is 11.6. The van der Waals surface area contributed by atoms with Gasteiger partial charge in [-0.15, -0.1) is 0 Å². The van der Waals surface area contributed by atoms with Crippen molar-refractivity contribution < 1.29 is 17.9 Å². The molecule has 1 aromatic heterocycles. The number of nitrogens with zero attached hydrogens (tertiary/aromatic N) is 1. The van der Waals surface area contributed by atoms with Gasteiger partial charge in [0.2, 0.25) is 0 Å². The maximum Gasteiger partial charge on any atom is 0.263 e. The molecule has 1 aromatic carbocycles. The van der Waals surface area contributed by atoms with E-state index in [0.717, 1.165) is 12.8 Å². The summed E-state index contributed by atoms with van der Waals surface area (Å²) < 4.78 is 33.8. The monoisotopic (exact) mass is 329 g/mol. The standard InChI is InChI=1S/C14H16ClNO4S/c1-19-9-2-3-10-20-12-6-7-13(21(15,17)18)14-11(12)5-4-8-16-14/h4-8H,2-3,9-10H2,1H3. The van der Waals surface area contributed by atoms with Crippen LogP contribution in [-0.2, 0) is 13.8 Å². The Labute approximate surface area is 128 Å². The topological polar surface area (TPSA) is 65.5 Å². The van der Waals surface area contributed by atoms with Crippen LogP contribution in [0.1, 0.15) is 12.8 Å². The SMILES string of the molecule is COCCCCOc1ccc(S(=O)(=O)Cl)c2ncccc12. The minimum atomic E-state index is -3.84. The molecule has 2 aromatic rings. The van der Waals surface area contributed by atoms with Crippen molar-refractivity contribution in [2.75, 3.05) is 20.3 Å². The molecule has 0 unspecified atom stereocenters. The molecule has 0 aliphatic carbocycles. The summed E-state index contributed by atoms with van der Waals surface area (Å²) in [6.07, 6.45) is 3.28. The Morgan fingerprint density at radius 2 is 1.95 bits per heavy atom. The summed E-state index contributed by atoms with van der Waals surface area (Å²) in [6.45, 7) is 1.22. The van der Waals surface area contributed by atoms with E-state index in [1.807, 2.05) is 0 Å². The fourth-order valence-corrected chi connectivity index (χ4v) is 2.97. The Morgan fingerprint density at radius 1 is 1.19 bits per heavy atom. The number of methoxy groups -OCH3 is 1. The molecule has 0 saturated heterocycles. The normalized spacial score (nSPS) is 11.7. The van der Waals surface area contributed by atoms with Crippen LogP contribution in [0, 0.1) is 0 Å². The second kappa shape index (κ2) is 7.06. The first-order chi connectivity index (χ1) is 10.0. The Morgan fingerprint density at radius 3 is 2.67 bits per heavy atom. The average molecular weight is 330 g/mol. The van der Waals surface area contributed by atoms with E-state index in [-0.39, 0.29) is 4.90 Å². The molecule has 0 fully saturated rings. The molecule has 0 spiro atoms. The second-order valence-corrected chi connectivity index (χ2v) is 6.98. The Kier molecular flexibility index (Phi) is 5.39. The van der Waals surface area contributed by atoms with Crippen LogP contribution in [0.2, 0.25) is 0 Å². The molecular weight excluding hydrogens is 314 g/mol. The minimum absolute atomic E-state index is 0.00787. The molecule has 21 heavy (non-hydrogen) atoms. The van der Waals surface area contributed by atoms with Gasteiger partial charge in [0, 0.05) is 36.0 Å². The van der Waals surface area contributed by atoms with Crippen LogP contribution in [0.25, 0.3) is 10.9 Å². The molecule has 0 aliphatic rings. The Hall–Kier alpha value is -1.37. The van der Waals surface area contributed by atoms with Crippen LogP contribution < -0.4 is 4.74 Å². The van der Waals surface area contributed by atoms with Crippen molar-refractivity contribution in [1.82, 2.24) is 4.98 Å². The van der Waals surface area contributed by atoms with E-state index in [0.29, 0.717) is 29.9 Å². The van der Waals surface area contributed by atoms with E-state index in [4.69, 9.17) is 20.2 Å². The van der Waals surface area contributed by atoms with Crippen LogP contribution in [0.15, 0.2) is 35.4 Å². The van der Waals surface area contributed by atoms with Crippen LogP contribution >= 0.6 is 10.7 Å². The number of benzene rings is 1. The van der Waals surface area contributed by atoms with Crippen LogP contribution in [0.4, 0.5) is 0 Å². The summed E-state index contributed by atoms with van der Waals surface area (Å²) in [4.78, 5) is 4.09. The smallest absolute Gasteiger partial charge is 0.263 e. The van der Waals surface area contributed by atoms with Gasteiger partial charge in [-0.1, -0.05) is 0 Å². The molecule has 0 atom stereocenters. The summed E-state index contributed by atoms with van der Waals surface area (Å²) in [7, 11) is 3.25. The van der Waals surface area contributed by atoms with Crippen molar-refractivity contribution in [1.29, 1.82) is 0 Å². The number of hydrogen-bond donors (Lipinski definition) is 0. The average Bonchev–Trinajstić information content (AvgIpc) is 2.45. The number of hydrogen-bond acceptors (Lipinski definition) is 5. The predicted octanol–water partition coefficient (Wildman–Crippen LogP) is 2.97. The Balaban J connectivity index is 2.26. The van der Waals surface area contributed by atoms with Crippen molar-refractivity contribution in [3.05, 3.63) is 30.5 Å². The predicted molar refractivity (Wildman–Crippen MR) is 81.4 cm³/mol. The lowest BCUT2D eigenvalue weighted by Gasteiger charge is -2.10. The first-order valence-corrected chi connectivity index (χ1v) is 8.79. The van der Waals surface area contributed by atoms with Crippen LogP contribution in [0.5, 0.6) is 5.75 Å². The Bertz CT molecular complexity index is 718. The first kappa shape index (κ1) is 16.0. The van der Waals surface area contributed by atoms with Crippen molar-refractivity contribution in [3.63, 3.8) is 0 Å². The second-order valence-electron chi connectivity index (χ2n) is 4.45. The molecule has 7 heteroatoms.